The number of rotatable bonds is 4. The first-order valence-electron chi connectivity index (χ1n) is 10.7. The first-order chi connectivity index (χ1) is 15.0. The van der Waals surface area contributed by atoms with Gasteiger partial charge in [-0.25, -0.2) is 4.39 Å². The van der Waals surface area contributed by atoms with Crippen LogP contribution < -0.4 is 5.32 Å². The summed E-state index contributed by atoms with van der Waals surface area (Å²) in [4.78, 5) is 41.4. The molecule has 3 heterocycles. The molecule has 3 amide bonds. The number of benzene rings is 1. The second-order valence-corrected chi connectivity index (χ2v) is 8.18. The van der Waals surface area contributed by atoms with Crippen molar-refractivity contribution in [1.82, 2.24) is 15.1 Å². The number of piperidine rings is 2. The van der Waals surface area contributed by atoms with Gasteiger partial charge in [-0.1, -0.05) is 0 Å². The Bertz CT molecular complexity index is 921. The van der Waals surface area contributed by atoms with Crippen molar-refractivity contribution in [3.63, 3.8) is 0 Å². The van der Waals surface area contributed by atoms with Crippen molar-refractivity contribution in [3.05, 3.63) is 59.8 Å². The van der Waals surface area contributed by atoms with E-state index in [0.29, 0.717) is 50.1 Å². The van der Waals surface area contributed by atoms with Crippen LogP contribution in [0.5, 0.6) is 0 Å². The van der Waals surface area contributed by atoms with Crippen molar-refractivity contribution in [1.29, 1.82) is 0 Å². The molecule has 8 heteroatoms. The molecule has 31 heavy (non-hydrogen) atoms. The minimum Gasteiger partial charge on any atom is -0.472 e. The largest absolute Gasteiger partial charge is 0.472 e. The molecule has 0 aliphatic carbocycles. The molecule has 1 aromatic heterocycles. The molecule has 1 aromatic carbocycles. The maximum absolute atomic E-state index is 13.1. The summed E-state index contributed by atoms with van der Waals surface area (Å²) in [6.07, 6.45) is 5.80. The first kappa shape index (κ1) is 21.1. The second kappa shape index (κ2) is 9.32. The van der Waals surface area contributed by atoms with Crippen LogP contribution in [0.2, 0.25) is 0 Å². The SMILES string of the molecule is O=C(NC1CCN(C(=O)c2ccoc2)CC1)[C@@H]1CCCN(C(=O)c2ccc(F)cc2)C1. The summed E-state index contributed by atoms with van der Waals surface area (Å²) in [7, 11) is 0. The summed E-state index contributed by atoms with van der Waals surface area (Å²) >= 11 is 0. The summed E-state index contributed by atoms with van der Waals surface area (Å²) in [5, 5.41) is 3.11. The van der Waals surface area contributed by atoms with E-state index in [-0.39, 0.29) is 35.5 Å². The lowest BCUT2D eigenvalue weighted by Gasteiger charge is -2.35. The van der Waals surface area contributed by atoms with E-state index in [4.69, 9.17) is 4.42 Å². The molecule has 2 aliphatic rings. The number of furan rings is 1. The molecule has 164 valence electrons. The van der Waals surface area contributed by atoms with Crippen molar-refractivity contribution < 1.29 is 23.2 Å². The lowest BCUT2D eigenvalue weighted by atomic mass is 9.95. The summed E-state index contributed by atoms with van der Waals surface area (Å²) < 4.78 is 18.1. The van der Waals surface area contributed by atoms with Crippen LogP contribution in [-0.2, 0) is 4.79 Å². The predicted molar refractivity (Wildman–Crippen MR) is 111 cm³/mol. The molecule has 2 aliphatic heterocycles. The molecule has 0 spiro atoms. The Morgan fingerprint density at radius 1 is 0.903 bits per heavy atom. The van der Waals surface area contributed by atoms with Crippen molar-refractivity contribution >= 4 is 17.7 Å². The number of nitrogens with one attached hydrogen (secondary N) is 1. The molecular weight excluding hydrogens is 401 g/mol. The third-order valence-corrected chi connectivity index (χ3v) is 6.07. The van der Waals surface area contributed by atoms with Crippen LogP contribution in [0, 0.1) is 11.7 Å². The average molecular weight is 427 g/mol. The molecule has 4 rings (SSSR count). The molecular formula is C23H26FN3O4. The van der Waals surface area contributed by atoms with Gasteiger partial charge in [0.2, 0.25) is 5.91 Å². The van der Waals surface area contributed by atoms with E-state index in [2.05, 4.69) is 5.32 Å². The van der Waals surface area contributed by atoms with Crippen LogP contribution in [0.15, 0.2) is 47.3 Å². The highest BCUT2D eigenvalue weighted by molar-refractivity contribution is 5.95. The fourth-order valence-corrected chi connectivity index (χ4v) is 4.27. The summed E-state index contributed by atoms with van der Waals surface area (Å²) in [5.41, 5.74) is 0.965. The number of hydrogen-bond donors (Lipinski definition) is 1. The van der Waals surface area contributed by atoms with Gasteiger partial charge in [-0.3, -0.25) is 14.4 Å². The van der Waals surface area contributed by atoms with E-state index in [9.17, 15) is 18.8 Å². The van der Waals surface area contributed by atoms with Crippen LogP contribution in [0.1, 0.15) is 46.4 Å². The molecule has 2 fully saturated rings. The van der Waals surface area contributed by atoms with Crippen molar-refractivity contribution in [2.45, 2.75) is 31.7 Å². The Balaban J connectivity index is 1.27. The average Bonchev–Trinajstić information content (AvgIpc) is 3.34. The van der Waals surface area contributed by atoms with Gasteiger partial charge < -0.3 is 19.5 Å². The van der Waals surface area contributed by atoms with Gasteiger partial charge >= 0.3 is 0 Å². The van der Waals surface area contributed by atoms with Gasteiger partial charge in [0.25, 0.3) is 11.8 Å². The van der Waals surface area contributed by atoms with Gasteiger partial charge in [0.15, 0.2) is 0 Å². The highest BCUT2D eigenvalue weighted by Gasteiger charge is 2.31. The molecule has 0 unspecified atom stereocenters. The van der Waals surface area contributed by atoms with Crippen LogP contribution in [0.25, 0.3) is 0 Å². The summed E-state index contributed by atoms with van der Waals surface area (Å²) in [6, 6.07) is 7.15. The molecule has 1 N–H and O–H groups in total. The Kier molecular flexibility index (Phi) is 6.34. The van der Waals surface area contributed by atoms with Crippen LogP contribution in [0.4, 0.5) is 4.39 Å². The maximum atomic E-state index is 13.1. The molecule has 1 atom stereocenters. The Morgan fingerprint density at radius 2 is 1.61 bits per heavy atom. The van der Waals surface area contributed by atoms with E-state index in [1.54, 1.807) is 15.9 Å². The second-order valence-electron chi connectivity index (χ2n) is 8.18. The molecule has 2 aromatic rings. The third-order valence-electron chi connectivity index (χ3n) is 6.07. The fraction of sp³-hybridized carbons (Fsp3) is 0.435. The number of likely N-dealkylation sites (tertiary alicyclic amines) is 2. The quantitative estimate of drug-likeness (QED) is 0.813. The smallest absolute Gasteiger partial charge is 0.257 e. The van der Waals surface area contributed by atoms with Crippen molar-refractivity contribution in [2.75, 3.05) is 26.2 Å². The number of hydrogen-bond acceptors (Lipinski definition) is 4. The molecule has 0 bridgehead atoms. The molecule has 7 nitrogen and oxygen atoms in total. The molecule has 2 saturated heterocycles. The molecule has 0 saturated carbocycles. The van der Waals surface area contributed by atoms with Gasteiger partial charge in [-0.2, -0.15) is 0 Å². The minimum absolute atomic E-state index is 0.0177. The van der Waals surface area contributed by atoms with Crippen molar-refractivity contribution in [3.8, 4) is 0 Å². The Morgan fingerprint density at radius 3 is 2.29 bits per heavy atom. The van der Waals surface area contributed by atoms with E-state index in [1.165, 1.54) is 36.8 Å². The highest BCUT2D eigenvalue weighted by Crippen LogP contribution is 2.21. The minimum atomic E-state index is -0.384. The van der Waals surface area contributed by atoms with Gasteiger partial charge in [0, 0.05) is 37.8 Å². The van der Waals surface area contributed by atoms with Gasteiger partial charge in [0.05, 0.1) is 17.7 Å². The Labute approximate surface area is 180 Å². The number of carbonyl (C=O) groups is 3. The van der Waals surface area contributed by atoms with E-state index in [1.807, 2.05) is 0 Å². The topological polar surface area (TPSA) is 82.9 Å². The summed E-state index contributed by atoms with van der Waals surface area (Å²) in [5.74, 6) is -0.922. The lowest BCUT2D eigenvalue weighted by Crippen LogP contribution is -2.50. The zero-order chi connectivity index (χ0) is 21.8. The van der Waals surface area contributed by atoms with Crippen LogP contribution in [0.3, 0.4) is 0 Å². The zero-order valence-electron chi connectivity index (χ0n) is 17.3. The fourth-order valence-electron chi connectivity index (χ4n) is 4.27. The van der Waals surface area contributed by atoms with Gasteiger partial charge in [-0.15, -0.1) is 0 Å². The van der Waals surface area contributed by atoms with Gasteiger partial charge in [0.1, 0.15) is 12.1 Å². The normalized spacial score (nSPS) is 19.8. The molecule has 0 radical (unpaired) electrons. The van der Waals surface area contributed by atoms with Crippen molar-refractivity contribution in [2.24, 2.45) is 5.92 Å². The lowest BCUT2D eigenvalue weighted by molar-refractivity contribution is -0.127. The number of amides is 3. The van der Waals surface area contributed by atoms with Crippen LogP contribution in [-0.4, -0.2) is 59.7 Å². The monoisotopic (exact) mass is 427 g/mol. The number of nitrogens with zero attached hydrogens (tertiary/aromatic N) is 2. The standard InChI is InChI=1S/C23H26FN3O4/c24-19-5-3-16(4-6-19)22(29)27-10-1-2-17(14-27)21(28)25-20-7-11-26(12-8-20)23(30)18-9-13-31-15-18/h3-6,9,13,15,17,20H,1-2,7-8,10-12,14H2,(H,25,28)/t17-/m1/s1. The third kappa shape index (κ3) is 4.95. The zero-order valence-corrected chi connectivity index (χ0v) is 17.3. The Hall–Kier alpha value is -3.16. The van der Waals surface area contributed by atoms with Crippen LogP contribution >= 0.6 is 0 Å². The highest BCUT2D eigenvalue weighted by atomic mass is 19.1. The van der Waals surface area contributed by atoms with E-state index >= 15 is 0 Å². The number of halogens is 1. The van der Waals surface area contributed by atoms with E-state index in [0.717, 1.165) is 12.8 Å². The first-order valence-corrected chi connectivity index (χ1v) is 10.7. The van der Waals surface area contributed by atoms with Gasteiger partial charge in [-0.05, 0) is 56.0 Å². The predicted octanol–water partition coefficient (Wildman–Crippen LogP) is 2.69. The maximum Gasteiger partial charge on any atom is 0.257 e. The number of carbonyl (C=O) groups excluding carboxylic acids is 3. The van der Waals surface area contributed by atoms with E-state index < -0.39 is 0 Å². The summed E-state index contributed by atoms with van der Waals surface area (Å²) in [6.45, 7) is 2.11.